The fourth-order valence-corrected chi connectivity index (χ4v) is 2.85. The molecule has 2 rings (SSSR count). The van der Waals surface area contributed by atoms with E-state index in [0.29, 0.717) is 52.1 Å². The second-order valence-corrected chi connectivity index (χ2v) is 5.39. The molecule has 2 saturated heterocycles. The maximum absolute atomic E-state index is 12.7. The van der Waals surface area contributed by atoms with Crippen molar-refractivity contribution in [2.24, 2.45) is 11.1 Å². The number of nitrogens with one attached hydrogen (secondary N) is 1. The molecule has 0 atom stereocenters. The van der Waals surface area contributed by atoms with E-state index >= 15 is 0 Å². The van der Waals surface area contributed by atoms with E-state index in [1.54, 1.807) is 4.90 Å². The number of carbonyl (C=O) groups is 2. The van der Waals surface area contributed by atoms with Crippen LogP contribution in [0.2, 0.25) is 0 Å². The highest BCUT2D eigenvalue weighted by Gasteiger charge is 2.45. The van der Waals surface area contributed by atoms with Crippen molar-refractivity contribution in [2.75, 3.05) is 32.8 Å². The Balaban J connectivity index is 2.15. The maximum atomic E-state index is 12.7. The minimum absolute atomic E-state index is 0.0216. The van der Waals surface area contributed by atoms with Crippen LogP contribution >= 0.6 is 12.2 Å². The lowest BCUT2D eigenvalue weighted by Crippen LogP contribution is -2.53. The molecule has 0 aromatic carbocycles. The Bertz CT molecular complexity index is 394. The number of ether oxygens (including phenoxy) is 1. The monoisotopic (exact) mass is 285 g/mol. The van der Waals surface area contributed by atoms with Crippen molar-refractivity contribution in [2.45, 2.75) is 19.3 Å². The van der Waals surface area contributed by atoms with Gasteiger partial charge in [0.1, 0.15) is 5.41 Å². The lowest BCUT2D eigenvalue weighted by molar-refractivity contribution is -0.142. The fraction of sp³-hybridized carbons (Fsp3) is 0.750. The van der Waals surface area contributed by atoms with Gasteiger partial charge in [-0.05, 0) is 12.8 Å². The molecule has 2 amide bonds. The van der Waals surface area contributed by atoms with Crippen LogP contribution < -0.4 is 11.1 Å². The van der Waals surface area contributed by atoms with Gasteiger partial charge in [0, 0.05) is 39.3 Å². The maximum Gasteiger partial charge on any atom is 0.235 e. The summed E-state index contributed by atoms with van der Waals surface area (Å²) in [6, 6.07) is 0. The first-order chi connectivity index (χ1) is 9.06. The summed E-state index contributed by atoms with van der Waals surface area (Å²) < 4.78 is 5.30. The Morgan fingerprint density at radius 3 is 2.68 bits per heavy atom. The van der Waals surface area contributed by atoms with E-state index in [2.05, 4.69) is 5.32 Å². The Kier molecular flexibility index (Phi) is 4.36. The van der Waals surface area contributed by atoms with Crippen molar-refractivity contribution in [1.29, 1.82) is 0 Å². The summed E-state index contributed by atoms with van der Waals surface area (Å²) in [4.78, 5) is 26.0. The number of amides is 2. The van der Waals surface area contributed by atoms with E-state index in [4.69, 9.17) is 22.7 Å². The first-order valence-corrected chi connectivity index (χ1v) is 6.91. The SMILES string of the molecule is NC(=S)C1(C(=O)N2CCNC(=O)CC2)CCOCC1. The Labute approximate surface area is 117 Å². The summed E-state index contributed by atoms with van der Waals surface area (Å²) in [5.74, 6) is -0.0774. The molecule has 0 saturated carbocycles. The summed E-state index contributed by atoms with van der Waals surface area (Å²) in [6.07, 6.45) is 1.38. The average Bonchev–Trinajstić information content (AvgIpc) is 2.63. The molecule has 2 heterocycles. The topological polar surface area (TPSA) is 84.7 Å². The highest BCUT2D eigenvalue weighted by molar-refractivity contribution is 7.80. The average molecular weight is 285 g/mol. The molecule has 0 bridgehead atoms. The third-order valence-electron chi connectivity index (χ3n) is 3.83. The van der Waals surface area contributed by atoms with Crippen LogP contribution in [-0.2, 0) is 14.3 Å². The lowest BCUT2D eigenvalue weighted by Gasteiger charge is -2.38. The van der Waals surface area contributed by atoms with E-state index < -0.39 is 5.41 Å². The number of carbonyl (C=O) groups excluding carboxylic acids is 2. The van der Waals surface area contributed by atoms with Crippen LogP contribution in [0.4, 0.5) is 0 Å². The standard InChI is InChI=1S/C12H19N3O3S/c13-10(19)12(2-7-18-8-3-12)11(17)15-5-1-9(16)14-4-6-15/h1-8H2,(H2,13,19)(H,14,16). The van der Waals surface area contributed by atoms with Gasteiger partial charge in [0.25, 0.3) is 0 Å². The van der Waals surface area contributed by atoms with E-state index in [9.17, 15) is 9.59 Å². The number of thiocarbonyl (C=S) groups is 1. The summed E-state index contributed by atoms with van der Waals surface area (Å²) >= 11 is 5.12. The summed E-state index contributed by atoms with van der Waals surface area (Å²) in [5.41, 5.74) is 5.03. The predicted molar refractivity (Wildman–Crippen MR) is 73.5 cm³/mol. The zero-order chi connectivity index (χ0) is 13.9. The molecule has 19 heavy (non-hydrogen) atoms. The minimum Gasteiger partial charge on any atom is -0.392 e. The zero-order valence-electron chi connectivity index (χ0n) is 10.8. The fourth-order valence-electron chi connectivity index (χ4n) is 2.56. The largest absolute Gasteiger partial charge is 0.392 e. The lowest BCUT2D eigenvalue weighted by atomic mass is 9.78. The Morgan fingerprint density at radius 2 is 2.05 bits per heavy atom. The van der Waals surface area contributed by atoms with Crippen molar-refractivity contribution >= 4 is 29.0 Å². The molecule has 2 aliphatic rings. The first kappa shape index (κ1) is 14.2. The van der Waals surface area contributed by atoms with E-state index in [0.717, 1.165) is 0 Å². The number of nitrogens with two attached hydrogens (primary N) is 1. The third kappa shape index (κ3) is 2.87. The van der Waals surface area contributed by atoms with Crippen molar-refractivity contribution in [3.05, 3.63) is 0 Å². The van der Waals surface area contributed by atoms with Crippen molar-refractivity contribution < 1.29 is 14.3 Å². The predicted octanol–water partition coefficient (Wildman–Crippen LogP) is -0.582. The molecule has 6 nitrogen and oxygen atoms in total. The molecule has 7 heteroatoms. The minimum atomic E-state index is -0.791. The van der Waals surface area contributed by atoms with Gasteiger partial charge in [0.2, 0.25) is 11.8 Å². The Hall–Kier alpha value is -1.21. The molecule has 3 N–H and O–H groups in total. The quantitative estimate of drug-likeness (QED) is 0.663. The van der Waals surface area contributed by atoms with E-state index in [1.807, 2.05) is 0 Å². The first-order valence-electron chi connectivity index (χ1n) is 6.50. The molecule has 0 radical (unpaired) electrons. The van der Waals surface area contributed by atoms with Crippen LogP contribution in [-0.4, -0.2) is 54.6 Å². The van der Waals surface area contributed by atoms with Gasteiger partial charge in [-0.15, -0.1) is 0 Å². The van der Waals surface area contributed by atoms with Crippen LogP contribution in [0.25, 0.3) is 0 Å². The highest BCUT2D eigenvalue weighted by Crippen LogP contribution is 2.33. The molecule has 0 spiro atoms. The van der Waals surface area contributed by atoms with Crippen LogP contribution in [0.3, 0.4) is 0 Å². The van der Waals surface area contributed by atoms with E-state index in [1.165, 1.54) is 0 Å². The van der Waals surface area contributed by atoms with Crippen LogP contribution in [0, 0.1) is 5.41 Å². The number of hydrogen-bond donors (Lipinski definition) is 2. The third-order valence-corrected chi connectivity index (χ3v) is 4.22. The molecular weight excluding hydrogens is 266 g/mol. The van der Waals surface area contributed by atoms with Gasteiger partial charge < -0.3 is 20.7 Å². The molecule has 0 aliphatic carbocycles. The molecule has 0 unspecified atom stereocenters. The second kappa shape index (κ2) is 5.83. The normalized spacial score (nSPS) is 23.4. The molecular formula is C12H19N3O3S. The van der Waals surface area contributed by atoms with Gasteiger partial charge in [0.05, 0.1) is 4.99 Å². The smallest absolute Gasteiger partial charge is 0.235 e. The van der Waals surface area contributed by atoms with Crippen molar-refractivity contribution in [3.8, 4) is 0 Å². The van der Waals surface area contributed by atoms with Gasteiger partial charge >= 0.3 is 0 Å². The van der Waals surface area contributed by atoms with Crippen molar-refractivity contribution in [1.82, 2.24) is 10.2 Å². The second-order valence-electron chi connectivity index (χ2n) is 4.95. The van der Waals surface area contributed by atoms with Gasteiger partial charge in [-0.1, -0.05) is 12.2 Å². The number of rotatable bonds is 2. The summed E-state index contributed by atoms with van der Waals surface area (Å²) in [7, 11) is 0. The van der Waals surface area contributed by atoms with Gasteiger partial charge in [-0.25, -0.2) is 0 Å². The molecule has 0 aromatic heterocycles. The zero-order valence-corrected chi connectivity index (χ0v) is 11.6. The van der Waals surface area contributed by atoms with Crippen LogP contribution in [0.5, 0.6) is 0 Å². The molecule has 106 valence electrons. The summed E-state index contributed by atoms with van der Waals surface area (Å²) in [5, 5.41) is 2.75. The van der Waals surface area contributed by atoms with Gasteiger partial charge in [-0.3, -0.25) is 9.59 Å². The number of nitrogens with zero attached hydrogens (tertiary/aromatic N) is 1. The molecule has 2 fully saturated rings. The summed E-state index contributed by atoms with van der Waals surface area (Å²) in [6.45, 7) is 2.41. The van der Waals surface area contributed by atoms with Crippen LogP contribution in [0.15, 0.2) is 0 Å². The molecule has 0 aromatic rings. The van der Waals surface area contributed by atoms with E-state index in [-0.39, 0.29) is 16.8 Å². The van der Waals surface area contributed by atoms with Crippen LogP contribution in [0.1, 0.15) is 19.3 Å². The van der Waals surface area contributed by atoms with Gasteiger partial charge in [0.15, 0.2) is 0 Å². The number of hydrogen-bond acceptors (Lipinski definition) is 4. The highest BCUT2D eigenvalue weighted by atomic mass is 32.1. The molecule has 2 aliphatic heterocycles. The van der Waals surface area contributed by atoms with Gasteiger partial charge in [-0.2, -0.15) is 0 Å². The Morgan fingerprint density at radius 1 is 1.37 bits per heavy atom. The van der Waals surface area contributed by atoms with Crippen molar-refractivity contribution in [3.63, 3.8) is 0 Å².